The Kier molecular flexibility index (Phi) is 4.57. The summed E-state index contributed by atoms with van der Waals surface area (Å²) in [6.07, 6.45) is 5.98. The van der Waals surface area contributed by atoms with Gasteiger partial charge in [-0.3, -0.25) is 0 Å². The minimum atomic E-state index is -0.324. The van der Waals surface area contributed by atoms with Crippen molar-refractivity contribution in [1.82, 2.24) is 9.47 Å². The van der Waals surface area contributed by atoms with Crippen molar-refractivity contribution >= 4 is 22.6 Å². The van der Waals surface area contributed by atoms with Crippen LogP contribution in [0.4, 0.5) is 0 Å². The van der Waals surface area contributed by atoms with Gasteiger partial charge in [0.25, 0.3) is 0 Å². The highest BCUT2D eigenvalue weighted by atomic mass is 16.5. The van der Waals surface area contributed by atoms with Crippen LogP contribution in [0.3, 0.4) is 0 Å². The molecule has 0 saturated carbocycles. The molecule has 1 saturated heterocycles. The minimum absolute atomic E-state index is 0.0838. The molecule has 7 rings (SSSR count). The van der Waals surface area contributed by atoms with Crippen LogP contribution in [0.2, 0.25) is 0 Å². The molecule has 0 unspecified atom stereocenters. The molecule has 0 N–H and O–H groups in total. The highest BCUT2D eigenvalue weighted by Crippen LogP contribution is 2.68. The molecule has 3 aromatic rings. The Morgan fingerprint density at radius 2 is 1.97 bits per heavy atom. The largest absolute Gasteiger partial charge is 0.497 e. The molecule has 0 radical (unpaired) electrons. The van der Waals surface area contributed by atoms with Crippen molar-refractivity contribution in [1.29, 1.82) is 0 Å². The maximum atomic E-state index is 8.12. The standard InChI is InChI=1S/C27H28N2O2.CO2/c1-4-27-16-26(2)29-22-11-6-5-10-19(22)20-12-13-28(24(27)23(20)29)15-21(25(27)31-26)17-8-7-9-18(14-17)30-3;2-1-3/h5-11,14-15,24-25H,4,12-13,16H2,1-3H3;/t24-,25-,26-,27+;/m1./s1. The summed E-state index contributed by atoms with van der Waals surface area (Å²) in [4.78, 5) is 18.9. The molecule has 34 heavy (non-hydrogen) atoms. The van der Waals surface area contributed by atoms with Crippen LogP contribution in [0.15, 0.2) is 54.7 Å². The lowest BCUT2D eigenvalue weighted by atomic mass is 9.62. The molecule has 174 valence electrons. The van der Waals surface area contributed by atoms with Crippen molar-refractivity contribution in [2.24, 2.45) is 5.41 Å². The van der Waals surface area contributed by atoms with E-state index in [9.17, 15) is 0 Å². The number of ether oxygens (including phenoxy) is 2. The number of methoxy groups -OCH3 is 1. The van der Waals surface area contributed by atoms with Crippen LogP contribution < -0.4 is 4.74 Å². The highest BCUT2D eigenvalue weighted by Gasteiger charge is 2.67. The van der Waals surface area contributed by atoms with E-state index in [-0.39, 0.29) is 23.4 Å². The Morgan fingerprint density at radius 3 is 2.74 bits per heavy atom. The van der Waals surface area contributed by atoms with Gasteiger partial charge in [-0.05, 0) is 49.1 Å². The second-order valence-electron chi connectivity index (χ2n) is 9.94. The lowest BCUT2D eigenvalue weighted by Gasteiger charge is -2.54. The van der Waals surface area contributed by atoms with Crippen molar-refractivity contribution in [2.75, 3.05) is 13.7 Å². The number of aromatic nitrogens is 1. The zero-order valence-electron chi connectivity index (χ0n) is 19.7. The van der Waals surface area contributed by atoms with E-state index < -0.39 is 0 Å². The Hall–Kier alpha value is -3.34. The van der Waals surface area contributed by atoms with Gasteiger partial charge in [0.15, 0.2) is 0 Å². The van der Waals surface area contributed by atoms with Crippen LogP contribution in [0.25, 0.3) is 16.5 Å². The average molecular weight is 457 g/mol. The quantitative estimate of drug-likeness (QED) is 0.562. The second kappa shape index (κ2) is 7.33. The summed E-state index contributed by atoms with van der Waals surface area (Å²) in [6.45, 7) is 5.74. The van der Waals surface area contributed by atoms with E-state index >= 15 is 0 Å². The van der Waals surface area contributed by atoms with Gasteiger partial charge in [0.1, 0.15) is 11.5 Å². The zero-order valence-corrected chi connectivity index (χ0v) is 19.7. The molecule has 1 aromatic heterocycles. The molecule has 0 aliphatic carbocycles. The number of fused-ring (bicyclic) bond motifs is 5. The Bertz CT molecular complexity index is 1370. The van der Waals surface area contributed by atoms with Crippen LogP contribution in [0.5, 0.6) is 5.75 Å². The van der Waals surface area contributed by atoms with E-state index in [1.54, 1.807) is 12.7 Å². The number of hydrogen-bond acceptors (Lipinski definition) is 5. The van der Waals surface area contributed by atoms with Gasteiger partial charge in [0, 0.05) is 41.2 Å². The van der Waals surface area contributed by atoms with Crippen LogP contribution in [-0.4, -0.2) is 35.4 Å². The molecule has 4 aliphatic rings. The molecule has 5 heterocycles. The first-order valence-corrected chi connectivity index (χ1v) is 11.9. The van der Waals surface area contributed by atoms with E-state index in [2.05, 4.69) is 72.0 Å². The first-order valence-electron chi connectivity index (χ1n) is 11.9. The van der Waals surface area contributed by atoms with Crippen LogP contribution >= 0.6 is 0 Å². The number of rotatable bonds is 3. The summed E-state index contributed by atoms with van der Waals surface area (Å²) in [7, 11) is 1.74. The molecule has 2 aromatic carbocycles. The predicted molar refractivity (Wildman–Crippen MR) is 127 cm³/mol. The fourth-order valence-electron chi connectivity index (χ4n) is 7.29. The third-order valence-corrected chi connectivity index (χ3v) is 8.45. The van der Waals surface area contributed by atoms with E-state index in [4.69, 9.17) is 19.1 Å². The number of nitrogens with zero attached hydrogens (tertiary/aromatic N) is 2. The van der Waals surface area contributed by atoms with Crippen molar-refractivity contribution in [3.8, 4) is 5.75 Å². The lowest BCUT2D eigenvalue weighted by molar-refractivity contribution is -0.191. The summed E-state index contributed by atoms with van der Waals surface area (Å²) in [6, 6.07) is 17.8. The van der Waals surface area contributed by atoms with Crippen molar-refractivity contribution < 1.29 is 19.1 Å². The monoisotopic (exact) mass is 456 g/mol. The molecule has 2 bridgehead atoms. The maximum Gasteiger partial charge on any atom is 0.373 e. The fourth-order valence-corrected chi connectivity index (χ4v) is 7.29. The number of hydrogen-bond donors (Lipinski definition) is 0. The van der Waals surface area contributed by atoms with Crippen molar-refractivity contribution in [2.45, 2.75) is 51.0 Å². The Balaban J connectivity index is 0.000000691. The van der Waals surface area contributed by atoms with Crippen molar-refractivity contribution in [3.05, 3.63) is 71.6 Å². The first-order chi connectivity index (χ1) is 16.5. The summed E-state index contributed by atoms with van der Waals surface area (Å²) in [5.41, 5.74) is 6.66. The summed E-state index contributed by atoms with van der Waals surface area (Å²) in [5, 5.41) is 1.42. The average Bonchev–Trinajstić information content (AvgIpc) is 3.35. The van der Waals surface area contributed by atoms with Gasteiger partial charge in [-0.25, -0.2) is 0 Å². The van der Waals surface area contributed by atoms with Crippen LogP contribution in [0, 0.1) is 5.41 Å². The van der Waals surface area contributed by atoms with E-state index in [0.29, 0.717) is 6.04 Å². The number of benzene rings is 2. The molecule has 6 nitrogen and oxygen atoms in total. The van der Waals surface area contributed by atoms with Gasteiger partial charge in [-0.2, -0.15) is 9.59 Å². The molecular formula is C28H28N2O4. The molecular weight excluding hydrogens is 428 g/mol. The Morgan fingerprint density at radius 1 is 1.18 bits per heavy atom. The van der Waals surface area contributed by atoms with Crippen LogP contribution in [0.1, 0.15) is 49.6 Å². The summed E-state index contributed by atoms with van der Waals surface area (Å²) in [5.74, 6) is 0.899. The van der Waals surface area contributed by atoms with Gasteiger partial charge in [0.05, 0.1) is 24.8 Å². The topological polar surface area (TPSA) is 60.8 Å². The molecule has 4 atom stereocenters. The van der Waals surface area contributed by atoms with Gasteiger partial charge in [0.2, 0.25) is 0 Å². The van der Waals surface area contributed by atoms with Crippen LogP contribution in [-0.2, 0) is 26.5 Å². The summed E-state index contributed by atoms with van der Waals surface area (Å²) >= 11 is 0. The Labute approximate surface area is 198 Å². The molecule has 0 amide bonds. The summed E-state index contributed by atoms with van der Waals surface area (Å²) < 4.78 is 15.2. The van der Waals surface area contributed by atoms with Crippen molar-refractivity contribution in [3.63, 3.8) is 0 Å². The number of carbonyl (C=O) groups excluding carboxylic acids is 2. The molecule has 4 aliphatic heterocycles. The first kappa shape index (κ1) is 21.2. The van der Waals surface area contributed by atoms with E-state index in [0.717, 1.165) is 31.6 Å². The van der Waals surface area contributed by atoms with E-state index in [1.165, 1.54) is 27.7 Å². The molecule has 1 fully saturated rings. The van der Waals surface area contributed by atoms with Gasteiger partial charge >= 0.3 is 6.15 Å². The lowest BCUT2D eigenvalue weighted by Crippen LogP contribution is -2.53. The third-order valence-electron chi connectivity index (χ3n) is 8.45. The molecule has 6 heteroatoms. The minimum Gasteiger partial charge on any atom is -0.497 e. The third kappa shape index (κ3) is 2.55. The fraction of sp³-hybridized carbons (Fsp3) is 0.393. The normalized spacial score (nSPS) is 29.7. The maximum absolute atomic E-state index is 8.12. The van der Waals surface area contributed by atoms with Gasteiger partial charge in [-0.15, -0.1) is 0 Å². The zero-order chi connectivity index (χ0) is 23.7. The highest BCUT2D eigenvalue weighted by molar-refractivity contribution is 5.87. The predicted octanol–water partition coefficient (Wildman–Crippen LogP) is 4.89. The van der Waals surface area contributed by atoms with Gasteiger partial charge < -0.3 is 18.9 Å². The molecule has 0 spiro atoms. The number of para-hydroxylation sites is 1. The SMILES string of the molecule is CC[C@@]12C[C@@]3(C)O[C@@H]1C(c1cccc(OC)c1)=CN1CCc4c(n3c3ccccc43)[C@@H]12.O=C=O. The smallest absolute Gasteiger partial charge is 0.373 e. The van der Waals surface area contributed by atoms with Gasteiger partial charge in [-0.1, -0.05) is 37.3 Å². The van der Waals surface area contributed by atoms with E-state index in [1.807, 2.05) is 6.07 Å². The second-order valence-corrected chi connectivity index (χ2v) is 9.94.